The molecule has 2 aliphatic rings. The van der Waals surface area contributed by atoms with Crippen molar-refractivity contribution in [1.29, 1.82) is 0 Å². The number of rotatable bonds is 10. The highest BCUT2D eigenvalue weighted by Gasteiger charge is 2.42. The molecule has 0 bridgehead atoms. The molecule has 0 aromatic carbocycles. The normalized spacial score (nSPS) is 26.0. The highest BCUT2D eigenvalue weighted by atomic mass is 32.2. The van der Waals surface area contributed by atoms with Crippen molar-refractivity contribution < 1.29 is 14.3 Å². The number of hydrogen-bond acceptors (Lipinski definition) is 5. The smallest absolute Gasteiger partial charge is 0.315 e. The number of hydrogen-bond donors (Lipinski definition) is 4. The van der Waals surface area contributed by atoms with Gasteiger partial charge in [-0.25, -0.2) is 4.79 Å². The molecule has 2 saturated heterocycles. The van der Waals surface area contributed by atoms with Gasteiger partial charge in [-0.1, -0.05) is 6.42 Å². The van der Waals surface area contributed by atoms with E-state index in [1.165, 1.54) is 0 Å². The fraction of sp³-hybridized carbons (Fsp3) is 0.875. The largest absolute Gasteiger partial charge is 0.361 e. The third-order valence-corrected chi connectivity index (χ3v) is 6.11. The fourth-order valence-electron chi connectivity index (χ4n) is 3.16. The first-order valence-corrected chi connectivity index (χ1v) is 9.75. The minimum atomic E-state index is -0.308. The fourth-order valence-corrected chi connectivity index (χ4v) is 4.71. The molecule has 3 amide bonds. The lowest BCUT2D eigenvalue weighted by Gasteiger charge is -2.24. The van der Waals surface area contributed by atoms with E-state index in [1.807, 2.05) is 25.6 Å². The Bertz CT molecular complexity index is 447. The minimum Gasteiger partial charge on any atom is -0.361 e. The van der Waals surface area contributed by atoms with Crippen molar-refractivity contribution in [3.8, 4) is 0 Å². The van der Waals surface area contributed by atoms with E-state index in [0.717, 1.165) is 31.4 Å². The predicted octanol–water partition coefficient (Wildman–Crippen LogP) is 0.930. The van der Waals surface area contributed by atoms with Crippen LogP contribution in [0.2, 0.25) is 0 Å². The Balaban J connectivity index is 1.53. The molecule has 2 aliphatic heterocycles. The van der Waals surface area contributed by atoms with E-state index in [-0.39, 0.29) is 36.4 Å². The first-order chi connectivity index (χ1) is 11.4. The third kappa shape index (κ3) is 5.82. The molecule has 8 heteroatoms. The van der Waals surface area contributed by atoms with Crippen LogP contribution in [0.25, 0.3) is 0 Å². The number of nitrogens with two attached hydrogens (primary N) is 1. The minimum absolute atomic E-state index is 0.0452. The summed E-state index contributed by atoms with van der Waals surface area (Å²) in [7, 11) is 0. The number of fused-ring (bicyclic) bond motifs is 1. The molecule has 0 radical (unpaired) electrons. The Morgan fingerprint density at radius 3 is 2.96 bits per heavy atom. The van der Waals surface area contributed by atoms with Crippen molar-refractivity contribution >= 4 is 23.7 Å². The molecule has 2 rings (SSSR count). The van der Waals surface area contributed by atoms with Crippen LogP contribution in [0.15, 0.2) is 0 Å². The van der Waals surface area contributed by atoms with Gasteiger partial charge in [0.05, 0.1) is 24.4 Å². The monoisotopic (exact) mass is 358 g/mol. The van der Waals surface area contributed by atoms with E-state index in [1.54, 1.807) is 0 Å². The van der Waals surface area contributed by atoms with Gasteiger partial charge < -0.3 is 26.4 Å². The molecule has 138 valence electrons. The van der Waals surface area contributed by atoms with Crippen LogP contribution in [0.5, 0.6) is 0 Å². The number of amides is 3. The van der Waals surface area contributed by atoms with E-state index in [2.05, 4.69) is 16.0 Å². The lowest BCUT2D eigenvalue weighted by molar-refractivity contribution is -0.121. The van der Waals surface area contributed by atoms with Crippen LogP contribution in [0, 0.1) is 0 Å². The highest BCUT2D eigenvalue weighted by Crippen LogP contribution is 2.33. The first kappa shape index (κ1) is 19.3. The van der Waals surface area contributed by atoms with Crippen molar-refractivity contribution in [3.05, 3.63) is 0 Å². The maximum atomic E-state index is 11.9. The van der Waals surface area contributed by atoms with Gasteiger partial charge in [0, 0.05) is 24.0 Å². The zero-order valence-electron chi connectivity index (χ0n) is 14.6. The molecular formula is C16H30N4O3S. The van der Waals surface area contributed by atoms with Gasteiger partial charge in [0.25, 0.3) is 0 Å². The van der Waals surface area contributed by atoms with Crippen LogP contribution in [0.1, 0.15) is 46.0 Å². The van der Waals surface area contributed by atoms with Crippen LogP contribution in [-0.2, 0) is 9.53 Å². The van der Waals surface area contributed by atoms with Crippen LogP contribution in [0.4, 0.5) is 4.79 Å². The number of carbonyl (C=O) groups excluding carboxylic acids is 2. The second kappa shape index (κ2) is 8.92. The highest BCUT2D eigenvalue weighted by molar-refractivity contribution is 8.00. The average Bonchev–Trinajstić information content (AvgIpc) is 3.03. The molecule has 0 saturated carbocycles. The number of ether oxygens (including phenoxy) is 1. The lowest BCUT2D eigenvalue weighted by atomic mass is 10.0. The van der Waals surface area contributed by atoms with Crippen LogP contribution in [0.3, 0.4) is 0 Å². The van der Waals surface area contributed by atoms with Gasteiger partial charge >= 0.3 is 6.03 Å². The summed E-state index contributed by atoms with van der Waals surface area (Å²) < 4.78 is 5.40. The third-order valence-electron chi connectivity index (χ3n) is 4.60. The van der Waals surface area contributed by atoms with Crippen molar-refractivity contribution in [2.45, 2.75) is 68.9 Å². The molecule has 3 atom stereocenters. The summed E-state index contributed by atoms with van der Waals surface area (Å²) in [6.07, 6.45) is 4.22. The molecule has 0 unspecified atom stereocenters. The van der Waals surface area contributed by atoms with Crippen molar-refractivity contribution in [3.63, 3.8) is 0 Å². The van der Waals surface area contributed by atoms with Crippen molar-refractivity contribution in [2.24, 2.45) is 5.73 Å². The topological polar surface area (TPSA) is 105 Å². The first-order valence-electron chi connectivity index (χ1n) is 8.70. The number of carbonyl (C=O) groups is 2. The molecule has 24 heavy (non-hydrogen) atoms. The zero-order valence-corrected chi connectivity index (χ0v) is 15.4. The molecule has 0 aromatic rings. The van der Waals surface area contributed by atoms with Crippen LogP contribution >= 0.6 is 11.8 Å². The van der Waals surface area contributed by atoms with E-state index in [9.17, 15) is 9.59 Å². The van der Waals surface area contributed by atoms with Crippen molar-refractivity contribution in [2.75, 3.05) is 19.0 Å². The van der Waals surface area contributed by atoms with Crippen LogP contribution < -0.4 is 21.7 Å². The molecule has 2 heterocycles. The van der Waals surface area contributed by atoms with E-state index >= 15 is 0 Å². The average molecular weight is 359 g/mol. The maximum absolute atomic E-state index is 11.9. The Morgan fingerprint density at radius 2 is 2.21 bits per heavy atom. The summed E-state index contributed by atoms with van der Waals surface area (Å²) >= 11 is 1.91. The summed E-state index contributed by atoms with van der Waals surface area (Å²) in [6.45, 7) is 4.73. The quantitative estimate of drug-likeness (QED) is 0.264. The molecule has 0 spiro atoms. The molecule has 2 fully saturated rings. The van der Waals surface area contributed by atoms with Gasteiger partial charge in [0.2, 0.25) is 5.91 Å². The second-order valence-corrected chi connectivity index (χ2v) is 8.31. The Morgan fingerprint density at radius 1 is 1.42 bits per heavy atom. The van der Waals surface area contributed by atoms with E-state index in [4.69, 9.17) is 10.5 Å². The summed E-state index contributed by atoms with van der Waals surface area (Å²) in [4.78, 5) is 23.2. The second-order valence-electron chi connectivity index (χ2n) is 7.04. The van der Waals surface area contributed by atoms with Gasteiger partial charge in [-0.3, -0.25) is 4.79 Å². The van der Waals surface area contributed by atoms with Gasteiger partial charge in [-0.15, -0.1) is 0 Å². The molecule has 0 aliphatic carbocycles. The molecule has 7 nitrogen and oxygen atoms in total. The summed E-state index contributed by atoms with van der Waals surface area (Å²) in [5.41, 5.74) is 5.07. The Hall–Kier alpha value is -0.990. The predicted molar refractivity (Wildman–Crippen MR) is 95.8 cm³/mol. The Kier molecular flexibility index (Phi) is 7.18. The summed E-state index contributed by atoms with van der Waals surface area (Å²) in [6, 6.07) is 0.479. The Labute approximate surface area is 148 Å². The number of nitrogens with one attached hydrogen (secondary N) is 3. The number of unbranched alkanes of at least 4 members (excludes halogenated alkanes) is 1. The SMILES string of the molecule is CC(C)(CCNC(=O)CCCC[C@@H]1SC[C@@H]2NC(=O)N[C@@H]21)OCN. The standard InChI is InChI=1S/C16H30N4O3S/c1-16(2,23-10-17)7-8-18-13(21)6-4-3-5-12-14-11(9-24-12)19-15(22)20-14/h11-12,14H,3-10,17H2,1-2H3,(H,18,21)(H2,19,20,22)/t11-,12-,14-/m0/s1. The molecular weight excluding hydrogens is 328 g/mol. The van der Waals surface area contributed by atoms with Gasteiger partial charge in [-0.2, -0.15) is 11.8 Å². The van der Waals surface area contributed by atoms with Crippen LogP contribution in [-0.4, -0.2) is 53.9 Å². The van der Waals surface area contributed by atoms with E-state index < -0.39 is 0 Å². The van der Waals surface area contributed by atoms with Gasteiger partial charge in [0.1, 0.15) is 0 Å². The number of thioether (sulfide) groups is 1. The number of urea groups is 1. The zero-order chi connectivity index (χ0) is 17.6. The van der Waals surface area contributed by atoms with Gasteiger partial charge in [0.15, 0.2) is 0 Å². The molecule has 5 N–H and O–H groups in total. The van der Waals surface area contributed by atoms with E-state index in [0.29, 0.717) is 18.2 Å². The summed E-state index contributed by atoms with van der Waals surface area (Å²) in [5, 5.41) is 9.34. The lowest BCUT2D eigenvalue weighted by Crippen LogP contribution is -2.36. The molecule has 0 aromatic heterocycles. The van der Waals surface area contributed by atoms with Gasteiger partial charge in [-0.05, 0) is 33.1 Å². The summed E-state index contributed by atoms with van der Waals surface area (Å²) in [5.74, 6) is 1.07. The maximum Gasteiger partial charge on any atom is 0.315 e. The van der Waals surface area contributed by atoms with Crippen molar-refractivity contribution in [1.82, 2.24) is 16.0 Å².